The van der Waals surface area contributed by atoms with Crippen molar-refractivity contribution in [3.63, 3.8) is 0 Å². The molecule has 2 heterocycles. The van der Waals surface area contributed by atoms with Gasteiger partial charge in [0.15, 0.2) is 0 Å². The fourth-order valence-corrected chi connectivity index (χ4v) is 4.69. The number of carboxylic acid groups (broad SMARTS) is 1. The maximum atomic E-state index is 11.1. The van der Waals surface area contributed by atoms with Crippen LogP contribution in [-0.4, -0.2) is 16.8 Å². The number of aliphatic imine (C=N–C) groups is 1. The van der Waals surface area contributed by atoms with E-state index in [0.717, 1.165) is 25.0 Å². The molecule has 1 N–H and O–H groups in total. The standard InChI is InChI=1S/C25H31NO4/c1-2-3-4-5-6-7-10-17-15-18(29-23-14-13-22(30-23)25(27)28)16-21-24(17)19-11-8-9-12-20(19)26-21/h13-17H,2-12H2,1H3,(H,27,28). The predicted molar refractivity (Wildman–Crippen MR) is 117 cm³/mol. The SMILES string of the molecule is CCCCCCCCC1C=C(Oc2ccc(C(=O)O)o2)C=C2N=C3CCCCC3=C21. The Bertz CT molecular complexity index is 915. The first-order valence-electron chi connectivity index (χ1n) is 11.4. The number of hydrogen-bond acceptors (Lipinski definition) is 4. The summed E-state index contributed by atoms with van der Waals surface area (Å²) >= 11 is 0. The number of allylic oxidation sites excluding steroid dienone is 4. The predicted octanol–water partition coefficient (Wildman–Crippen LogP) is 6.83. The molecule has 160 valence electrons. The van der Waals surface area contributed by atoms with Gasteiger partial charge in [-0.2, -0.15) is 0 Å². The number of unbranched alkanes of at least 4 members (excludes halogenated alkanes) is 5. The van der Waals surface area contributed by atoms with Crippen LogP contribution in [0.4, 0.5) is 0 Å². The van der Waals surface area contributed by atoms with Crippen LogP contribution in [0.5, 0.6) is 5.95 Å². The summed E-state index contributed by atoms with van der Waals surface area (Å²) in [6, 6.07) is 2.97. The third kappa shape index (κ3) is 4.61. The van der Waals surface area contributed by atoms with Crippen molar-refractivity contribution in [2.45, 2.75) is 77.6 Å². The van der Waals surface area contributed by atoms with E-state index >= 15 is 0 Å². The quantitative estimate of drug-likeness (QED) is 0.430. The summed E-state index contributed by atoms with van der Waals surface area (Å²) in [5.74, 6) is -0.0188. The van der Waals surface area contributed by atoms with Crippen molar-refractivity contribution in [2.75, 3.05) is 0 Å². The van der Waals surface area contributed by atoms with Crippen LogP contribution in [0.25, 0.3) is 0 Å². The lowest BCUT2D eigenvalue weighted by atomic mass is 9.81. The Balaban J connectivity index is 1.50. The van der Waals surface area contributed by atoms with Crippen molar-refractivity contribution >= 4 is 11.7 Å². The zero-order valence-electron chi connectivity index (χ0n) is 17.8. The van der Waals surface area contributed by atoms with E-state index in [-0.39, 0.29) is 11.7 Å². The molecule has 1 aromatic rings. The van der Waals surface area contributed by atoms with Gasteiger partial charge in [-0.15, -0.1) is 0 Å². The summed E-state index contributed by atoms with van der Waals surface area (Å²) < 4.78 is 11.2. The summed E-state index contributed by atoms with van der Waals surface area (Å²) in [6.07, 6.45) is 17.6. The molecule has 5 heteroatoms. The second-order valence-electron chi connectivity index (χ2n) is 8.45. The Hall–Kier alpha value is -2.56. The number of furan rings is 1. The zero-order valence-corrected chi connectivity index (χ0v) is 17.8. The average molecular weight is 410 g/mol. The van der Waals surface area contributed by atoms with E-state index in [2.05, 4.69) is 13.0 Å². The minimum atomic E-state index is -1.10. The van der Waals surface area contributed by atoms with Gasteiger partial charge in [0.25, 0.3) is 5.95 Å². The molecule has 0 aromatic carbocycles. The van der Waals surface area contributed by atoms with E-state index in [4.69, 9.17) is 19.3 Å². The number of nitrogens with zero attached hydrogens (tertiary/aromatic N) is 1. The highest BCUT2D eigenvalue weighted by Crippen LogP contribution is 2.43. The summed E-state index contributed by atoms with van der Waals surface area (Å²) in [7, 11) is 0. The van der Waals surface area contributed by atoms with Crippen molar-refractivity contribution in [3.05, 3.63) is 52.6 Å². The van der Waals surface area contributed by atoms with Crippen molar-refractivity contribution in [2.24, 2.45) is 10.9 Å². The lowest BCUT2D eigenvalue weighted by Crippen LogP contribution is -2.13. The third-order valence-electron chi connectivity index (χ3n) is 6.19. The van der Waals surface area contributed by atoms with Crippen LogP contribution in [0.3, 0.4) is 0 Å². The van der Waals surface area contributed by atoms with Crippen molar-refractivity contribution < 1.29 is 19.1 Å². The van der Waals surface area contributed by atoms with E-state index in [9.17, 15) is 4.79 Å². The first kappa shape index (κ1) is 20.7. The molecule has 1 unspecified atom stereocenters. The number of carboxylic acids is 1. The lowest BCUT2D eigenvalue weighted by molar-refractivity contribution is 0.0656. The van der Waals surface area contributed by atoms with Gasteiger partial charge in [-0.05, 0) is 55.4 Å². The van der Waals surface area contributed by atoms with E-state index in [1.165, 1.54) is 74.3 Å². The van der Waals surface area contributed by atoms with Crippen LogP contribution < -0.4 is 4.74 Å². The Morgan fingerprint density at radius 3 is 2.77 bits per heavy atom. The maximum absolute atomic E-state index is 11.1. The second-order valence-corrected chi connectivity index (χ2v) is 8.45. The smallest absolute Gasteiger partial charge is 0.371 e. The topological polar surface area (TPSA) is 72.0 Å². The molecule has 30 heavy (non-hydrogen) atoms. The normalized spacial score (nSPS) is 20.3. The first-order chi connectivity index (χ1) is 14.7. The second kappa shape index (κ2) is 9.50. The van der Waals surface area contributed by atoms with Crippen molar-refractivity contribution in [1.29, 1.82) is 0 Å². The van der Waals surface area contributed by atoms with E-state index < -0.39 is 5.97 Å². The molecule has 1 aromatic heterocycles. The molecular weight excluding hydrogens is 378 g/mol. The minimum Gasteiger partial charge on any atom is -0.475 e. The van der Waals surface area contributed by atoms with Crippen LogP contribution in [-0.2, 0) is 0 Å². The van der Waals surface area contributed by atoms with Gasteiger partial charge in [0, 0.05) is 23.8 Å². The largest absolute Gasteiger partial charge is 0.475 e. The number of carbonyl (C=O) groups is 1. The molecule has 1 aliphatic heterocycles. The van der Waals surface area contributed by atoms with Crippen LogP contribution in [0.1, 0.15) is 88.1 Å². The molecule has 4 rings (SSSR count). The Kier molecular flexibility index (Phi) is 6.56. The number of hydrogen-bond donors (Lipinski definition) is 1. The Morgan fingerprint density at radius 1 is 1.17 bits per heavy atom. The highest BCUT2D eigenvalue weighted by molar-refractivity contribution is 6.05. The van der Waals surface area contributed by atoms with E-state index in [1.54, 1.807) is 6.07 Å². The zero-order chi connectivity index (χ0) is 20.9. The molecule has 0 amide bonds. The van der Waals surface area contributed by atoms with Gasteiger partial charge in [0.05, 0.1) is 5.70 Å². The summed E-state index contributed by atoms with van der Waals surface area (Å²) in [4.78, 5) is 16.0. The maximum Gasteiger partial charge on any atom is 0.371 e. The molecule has 1 saturated carbocycles. The molecule has 3 aliphatic rings. The van der Waals surface area contributed by atoms with Crippen LogP contribution in [0, 0.1) is 5.92 Å². The van der Waals surface area contributed by atoms with Gasteiger partial charge < -0.3 is 14.3 Å². The summed E-state index contributed by atoms with van der Waals surface area (Å²) in [5.41, 5.74) is 5.15. The molecule has 1 fully saturated rings. The molecule has 2 aliphatic carbocycles. The fraction of sp³-hybridized carbons (Fsp3) is 0.520. The molecule has 0 spiro atoms. The molecule has 0 saturated heterocycles. The van der Waals surface area contributed by atoms with E-state index in [1.807, 2.05) is 6.08 Å². The molecule has 5 nitrogen and oxygen atoms in total. The van der Waals surface area contributed by atoms with E-state index in [0.29, 0.717) is 11.7 Å². The van der Waals surface area contributed by atoms with Crippen LogP contribution in [0.15, 0.2) is 56.3 Å². The summed E-state index contributed by atoms with van der Waals surface area (Å²) in [5, 5.41) is 9.06. The monoisotopic (exact) mass is 409 g/mol. The van der Waals surface area contributed by atoms with Crippen LogP contribution >= 0.6 is 0 Å². The third-order valence-corrected chi connectivity index (χ3v) is 6.19. The van der Waals surface area contributed by atoms with Gasteiger partial charge in [-0.1, -0.05) is 45.4 Å². The fourth-order valence-electron chi connectivity index (χ4n) is 4.69. The summed E-state index contributed by atoms with van der Waals surface area (Å²) in [6.45, 7) is 2.25. The molecule has 1 atom stereocenters. The number of fused-ring (bicyclic) bond motifs is 2. The highest BCUT2D eigenvalue weighted by Gasteiger charge is 2.32. The molecule has 0 radical (unpaired) electrons. The Labute approximate surface area is 178 Å². The van der Waals surface area contributed by atoms with Gasteiger partial charge in [0.2, 0.25) is 5.76 Å². The van der Waals surface area contributed by atoms with Gasteiger partial charge in [-0.3, -0.25) is 4.99 Å². The number of rotatable bonds is 10. The highest BCUT2D eigenvalue weighted by atomic mass is 16.6. The van der Waals surface area contributed by atoms with Gasteiger partial charge in [0.1, 0.15) is 5.76 Å². The molecular formula is C25H31NO4. The van der Waals surface area contributed by atoms with Crippen molar-refractivity contribution in [3.8, 4) is 5.95 Å². The van der Waals surface area contributed by atoms with Crippen molar-refractivity contribution in [1.82, 2.24) is 0 Å². The number of ether oxygens (including phenoxy) is 1. The van der Waals surface area contributed by atoms with Crippen LogP contribution in [0.2, 0.25) is 0 Å². The first-order valence-corrected chi connectivity index (χ1v) is 11.4. The minimum absolute atomic E-state index is 0.118. The molecule has 0 bridgehead atoms. The van der Waals surface area contributed by atoms with Gasteiger partial charge >= 0.3 is 5.97 Å². The lowest BCUT2D eigenvalue weighted by Gasteiger charge is -2.23. The average Bonchev–Trinajstić information content (AvgIpc) is 3.35. The Morgan fingerprint density at radius 2 is 1.97 bits per heavy atom. The van der Waals surface area contributed by atoms with Gasteiger partial charge in [-0.25, -0.2) is 4.79 Å². The number of aromatic carboxylic acids is 1.